The van der Waals surface area contributed by atoms with E-state index >= 15 is 0 Å². The summed E-state index contributed by atoms with van der Waals surface area (Å²) in [5.74, 6) is 0. The Labute approximate surface area is 131 Å². The largest absolute Gasteiger partial charge is 0.394 e. The minimum absolute atomic E-state index is 0.149. The van der Waals surface area contributed by atoms with Crippen LogP contribution in [0.15, 0.2) is 54.6 Å². The number of amides is 2. The van der Waals surface area contributed by atoms with Crippen molar-refractivity contribution in [2.75, 3.05) is 11.9 Å². The summed E-state index contributed by atoms with van der Waals surface area (Å²) in [5.41, 5.74) is 1.59. The first-order valence-corrected chi connectivity index (χ1v) is 7.26. The molecule has 0 aliphatic heterocycles. The highest BCUT2D eigenvalue weighted by Gasteiger charge is 2.13. The fourth-order valence-electron chi connectivity index (χ4n) is 1.81. The normalized spacial score (nSPS) is 11.7. The van der Waals surface area contributed by atoms with Crippen LogP contribution in [0.2, 0.25) is 0 Å². The van der Waals surface area contributed by atoms with Crippen LogP contribution >= 0.6 is 22.6 Å². The van der Waals surface area contributed by atoms with E-state index in [0.29, 0.717) is 0 Å². The van der Waals surface area contributed by atoms with Gasteiger partial charge >= 0.3 is 6.03 Å². The molecule has 0 aromatic heterocycles. The van der Waals surface area contributed by atoms with Crippen LogP contribution in [0.25, 0.3) is 0 Å². The number of anilines is 1. The van der Waals surface area contributed by atoms with Gasteiger partial charge in [-0.05, 0) is 46.4 Å². The first-order chi connectivity index (χ1) is 9.69. The lowest BCUT2D eigenvalue weighted by Crippen LogP contribution is -2.34. The molecule has 0 aliphatic carbocycles. The number of halogens is 1. The average molecular weight is 382 g/mol. The molecule has 104 valence electrons. The number of benzene rings is 2. The van der Waals surface area contributed by atoms with Crippen LogP contribution in [0.1, 0.15) is 11.6 Å². The van der Waals surface area contributed by atoms with Gasteiger partial charge in [0.15, 0.2) is 0 Å². The molecule has 2 aromatic rings. The van der Waals surface area contributed by atoms with Gasteiger partial charge in [0.25, 0.3) is 0 Å². The number of rotatable bonds is 4. The van der Waals surface area contributed by atoms with Gasteiger partial charge in [-0.2, -0.15) is 0 Å². The maximum Gasteiger partial charge on any atom is 0.319 e. The second-order valence-corrected chi connectivity index (χ2v) is 5.50. The van der Waals surface area contributed by atoms with E-state index in [-0.39, 0.29) is 12.6 Å². The van der Waals surface area contributed by atoms with Crippen molar-refractivity contribution in [2.45, 2.75) is 6.04 Å². The Hall–Kier alpha value is -1.60. The van der Waals surface area contributed by atoms with E-state index in [1.54, 1.807) is 0 Å². The van der Waals surface area contributed by atoms with Crippen LogP contribution in [0.5, 0.6) is 0 Å². The van der Waals surface area contributed by atoms with Gasteiger partial charge in [0.1, 0.15) is 0 Å². The predicted molar refractivity (Wildman–Crippen MR) is 87.6 cm³/mol. The summed E-state index contributed by atoms with van der Waals surface area (Å²) in [4.78, 5) is 11.9. The fourth-order valence-corrected chi connectivity index (χ4v) is 2.35. The zero-order chi connectivity index (χ0) is 14.4. The van der Waals surface area contributed by atoms with E-state index in [0.717, 1.165) is 14.8 Å². The summed E-state index contributed by atoms with van der Waals surface area (Å²) in [6, 6.07) is 16.1. The second kappa shape index (κ2) is 7.25. The minimum atomic E-state index is -0.418. The molecule has 2 amide bonds. The summed E-state index contributed by atoms with van der Waals surface area (Å²) in [7, 11) is 0. The maximum absolute atomic E-state index is 11.9. The van der Waals surface area contributed by atoms with Crippen molar-refractivity contribution < 1.29 is 9.90 Å². The molecule has 5 heteroatoms. The molecule has 2 rings (SSSR count). The first kappa shape index (κ1) is 14.8. The van der Waals surface area contributed by atoms with Crippen molar-refractivity contribution in [1.82, 2.24) is 5.32 Å². The van der Waals surface area contributed by atoms with Crippen LogP contribution in [-0.2, 0) is 0 Å². The fraction of sp³-hybridized carbons (Fsp3) is 0.133. The first-order valence-electron chi connectivity index (χ1n) is 6.18. The molecule has 0 bridgehead atoms. The molecule has 2 aromatic carbocycles. The molecule has 0 unspecified atom stereocenters. The molecule has 3 N–H and O–H groups in total. The summed E-state index contributed by atoms with van der Waals surface area (Å²) in [5, 5.41) is 14.9. The molecular formula is C15H15IN2O2. The van der Waals surface area contributed by atoms with Gasteiger partial charge in [0.05, 0.1) is 12.6 Å². The monoisotopic (exact) mass is 382 g/mol. The lowest BCUT2D eigenvalue weighted by atomic mass is 10.1. The number of hydrogen-bond acceptors (Lipinski definition) is 2. The summed E-state index contributed by atoms with van der Waals surface area (Å²) >= 11 is 2.18. The Kier molecular flexibility index (Phi) is 5.37. The van der Waals surface area contributed by atoms with Crippen molar-refractivity contribution in [3.63, 3.8) is 0 Å². The lowest BCUT2D eigenvalue weighted by Gasteiger charge is -2.17. The highest BCUT2D eigenvalue weighted by Crippen LogP contribution is 2.14. The number of urea groups is 1. The average Bonchev–Trinajstić information content (AvgIpc) is 2.45. The van der Waals surface area contributed by atoms with Crippen LogP contribution < -0.4 is 10.6 Å². The summed E-state index contributed by atoms with van der Waals surface area (Å²) < 4.78 is 1.04. The van der Waals surface area contributed by atoms with E-state index in [1.165, 1.54) is 0 Å². The van der Waals surface area contributed by atoms with Gasteiger partial charge in [-0.15, -0.1) is 0 Å². The standard InChI is InChI=1S/C15H15IN2O2/c16-12-7-4-8-13(9-12)17-15(20)18-14(10-19)11-5-2-1-3-6-11/h1-9,14,19H,10H2,(H2,17,18,20)/t14-/m1/s1. The minimum Gasteiger partial charge on any atom is -0.394 e. The number of nitrogens with one attached hydrogen (secondary N) is 2. The van der Waals surface area contributed by atoms with E-state index in [1.807, 2.05) is 54.6 Å². The molecule has 20 heavy (non-hydrogen) atoms. The maximum atomic E-state index is 11.9. The zero-order valence-electron chi connectivity index (χ0n) is 10.7. The second-order valence-electron chi connectivity index (χ2n) is 4.25. The lowest BCUT2D eigenvalue weighted by molar-refractivity contribution is 0.225. The van der Waals surface area contributed by atoms with Gasteiger partial charge in [0.2, 0.25) is 0 Å². The van der Waals surface area contributed by atoms with Crippen molar-refractivity contribution in [3.8, 4) is 0 Å². The van der Waals surface area contributed by atoms with Crippen LogP contribution in [0, 0.1) is 3.57 Å². The Bertz CT molecular complexity index is 575. The van der Waals surface area contributed by atoms with Crippen molar-refractivity contribution in [3.05, 3.63) is 63.7 Å². The van der Waals surface area contributed by atoms with Gasteiger partial charge in [-0.1, -0.05) is 36.4 Å². The van der Waals surface area contributed by atoms with Crippen molar-refractivity contribution >= 4 is 34.3 Å². The third-order valence-corrected chi connectivity index (χ3v) is 3.44. The molecule has 0 radical (unpaired) electrons. The number of aliphatic hydroxyl groups excluding tert-OH is 1. The highest BCUT2D eigenvalue weighted by atomic mass is 127. The van der Waals surface area contributed by atoms with Gasteiger partial charge in [-0.25, -0.2) is 4.79 Å². The molecular weight excluding hydrogens is 367 g/mol. The molecule has 0 spiro atoms. The van der Waals surface area contributed by atoms with Crippen LogP contribution in [-0.4, -0.2) is 17.7 Å². The zero-order valence-corrected chi connectivity index (χ0v) is 12.9. The third-order valence-electron chi connectivity index (χ3n) is 2.77. The molecule has 0 saturated heterocycles. The predicted octanol–water partition coefficient (Wildman–Crippen LogP) is 3.15. The van der Waals surface area contributed by atoms with Crippen LogP contribution in [0.3, 0.4) is 0 Å². The topological polar surface area (TPSA) is 61.4 Å². The van der Waals surface area contributed by atoms with E-state index < -0.39 is 6.04 Å². The third kappa shape index (κ3) is 4.21. The molecule has 1 atom stereocenters. The van der Waals surface area contributed by atoms with E-state index in [9.17, 15) is 9.90 Å². The number of carbonyl (C=O) groups is 1. The Morgan fingerprint density at radius 1 is 1.15 bits per heavy atom. The van der Waals surface area contributed by atoms with Gasteiger partial charge < -0.3 is 15.7 Å². The molecule has 0 fully saturated rings. The molecule has 4 nitrogen and oxygen atoms in total. The van der Waals surface area contributed by atoms with Gasteiger partial charge in [-0.3, -0.25) is 0 Å². The van der Waals surface area contributed by atoms with E-state index in [4.69, 9.17) is 0 Å². The Morgan fingerprint density at radius 2 is 1.90 bits per heavy atom. The quantitative estimate of drug-likeness (QED) is 0.712. The Morgan fingerprint density at radius 3 is 2.55 bits per heavy atom. The number of aliphatic hydroxyl groups is 1. The van der Waals surface area contributed by atoms with Crippen LogP contribution in [0.4, 0.5) is 10.5 Å². The van der Waals surface area contributed by atoms with E-state index in [2.05, 4.69) is 33.2 Å². The number of hydrogen-bond donors (Lipinski definition) is 3. The highest BCUT2D eigenvalue weighted by molar-refractivity contribution is 14.1. The molecule has 0 saturated carbocycles. The summed E-state index contributed by atoms with van der Waals surface area (Å²) in [6.45, 7) is -0.149. The Balaban J connectivity index is 2.00. The molecule has 0 heterocycles. The van der Waals surface area contributed by atoms with Crippen molar-refractivity contribution in [1.29, 1.82) is 0 Å². The summed E-state index contributed by atoms with van der Waals surface area (Å²) in [6.07, 6.45) is 0. The molecule has 0 aliphatic rings. The number of carbonyl (C=O) groups excluding carboxylic acids is 1. The van der Waals surface area contributed by atoms with Gasteiger partial charge in [0, 0.05) is 9.26 Å². The SMILES string of the molecule is O=C(Nc1cccc(I)c1)N[C@H](CO)c1ccccc1. The van der Waals surface area contributed by atoms with Crippen molar-refractivity contribution in [2.24, 2.45) is 0 Å². The smallest absolute Gasteiger partial charge is 0.319 e.